The maximum atomic E-state index is 13.4. The summed E-state index contributed by atoms with van der Waals surface area (Å²) in [4.78, 5) is 26.9. The van der Waals surface area contributed by atoms with Crippen molar-refractivity contribution in [2.24, 2.45) is 0 Å². The van der Waals surface area contributed by atoms with E-state index >= 15 is 0 Å². The summed E-state index contributed by atoms with van der Waals surface area (Å²) in [6.45, 7) is 5.00. The number of piperidine rings is 1. The lowest BCUT2D eigenvalue weighted by Gasteiger charge is -2.31. The van der Waals surface area contributed by atoms with Crippen LogP contribution in [0, 0.1) is 0 Å². The van der Waals surface area contributed by atoms with Crippen LogP contribution < -0.4 is 20.3 Å². The zero-order valence-corrected chi connectivity index (χ0v) is 19.4. The summed E-state index contributed by atoms with van der Waals surface area (Å²) < 4.78 is 45.8. The van der Waals surface area contributed by atoms with Crippen molar-refractivity contribution in [1.29, 1.82) is 0 Å². The van der Waals surface area contributed by atoms with E-state index in [9.17, 15) is 22.8 Å². The average molecular weight is 478 g/mol. The number of anilines is 2. The van der Waals surface area contributed by atoms with Gasteiger partial charge in [0.2, 0.25) is 11.8 Å². The van der Waals surface area contributed by atoms with Gasteiger partial charge in [-0.2, -0.15) is 13.2 Å². The molecule has 0 bridgehead atoms. The van der Waals surface area contributed by atoms with Crippen molar-refractivity contribution in [3.8, 4) is 5.75 Å². The number of carbonyl (C=O) groups is 2. The van der Waals surface area contributed by atoms with Gasteiger partial charge in [0, 0.05) is 25.6 Å². The van der Waals surface area contributed by atoms with Crippen molar-refractivity contribution in [3.63, 3.8) is 0 Å². The van der Waals surface area contributed by atoms with Crippen molar-refractivity contribution in [1.82, 2.24) is 5.32 Å². The van der Waals surface area contributed by atoms with Crippen LogP contribution in [0.4, 0.5) is 24.5 Å². The molecule has 0 radical (unpaired) electrons. The molecule has 1 unspecified atom stereocenters. The van der Waals surface area contributed by atoms with E-state index in [4.69, 9.17) is 4.74 Å². The standard InChI is InChI=1S/C25H30F3N3O3/c1-3-34-23-10-6-5-9-19(23)20(29-17(2)32)16-24(33)30-21-15-18(25(26,27)28)11-12-22(21)31-13-7-4-8-14-31/h5-6,9-12,15,20H,3-4,7-8,13-14,16H2,1-2H3,(H,29,32)(H,30,33). The van der Waals surface area contributed by atoms with Crippen molar-refractivity contribution >= 4 is 23.2 Å². The van der Waals surface area contributed by atoms with Gasteiger partial charge in [-0.1, -0.05) is 18.2 Å². The minimum Gasteiger partial charge on any atom is -0.494 e. The second kappa shape index (κ2) is 11.3. The van der Waals surface area contributed by atoms with Crippen molar-refractivity contribution in [3.05, 3.63) is 53.6 Å². The number of nitrogens with zero attached hydrogens (tertiary/aromatic N) is 1. The monoisotopic (exact) mass is 477 g/mol. The quantitative estimate of drug-likeness (QED) is 0.541. The number of nitrogens with one attached hydrogen (secondary N) is 2. The molecule has 1 fully saturated rings. The first kappa shape index (κ1) is 25.4. The van der Waals surface area contributed by atoms with Crippen LogP contribution in [0.1, 0.15) is 56.7 Å². The minimum absolute atomic E-state index is 0.112. The highest BCUT2D eigenvalue weighted by atomic mass is 19.4. The molecule has 2 amide bonds. The number of hydrogen-bond acceptors (Lipinski definition) is 4. The Morgan fingerprint density at radius 3 is 2.44 bits per heavy atom. The summed E-state index contributed by atoms with van der Waals surface area (Å²) in [5.41, 5.74) is 0.465. The Labute approximate surface area is 197 Å². The predicted octanol–water partition coefficient (Wildman–Crippen LogP) is 5.30. The van der Waals surface area contributed by atoms with E-state index in [1.54, 1.807) is 24.3 Å². The summed E-state index contributed by atoms with van der Waals surface area (Å²) in [6.07, 6.45) is -1.76. The Morgan fingerprint density at radius 1 is 1.09 bits per heavy atom. The predicted molar refractivity (Wildman–Crippen MR) is 125 cm³/mol. The number of ether oxygens (including phenoxy) is 1. The van der Waals surface area contributed by atoms with Crippen LogP contribution in [-0.2, 0) is 15.8 Å². The van der Waals surface area contributed by atoms with Crippen LogP contribution >= 0.6 is 0 Å². The third-order valence-corrected chi connectivity index (χ3v) is 5.66. The summed E-state index contributed by atoms with van der Waals surface area (Å²) in [7, 11) is 0. The lowest BCUT2D eigenvalue weighted by atomic mass is 10.0. The molecule has 0 spiro atoms. The molecule has 184 valence electrons. The molecule has 1 atom stereocenters. The lowest BCUT2D eigenvalue weighted by Crippen LogP contribution is -2.32. The molecule has 2 aromatic carbocycles. The van der Waals surface area contributed by atoms with E-state index in [1.165, 1.54) is 13.0 Å². The Balaban J connectivity index is 1.88. The van der Waals surface area contributed by atoms with E-state index in [-0.39, 0.29) is 18.0 Å². The third-order valence-electron chi connectivity index (χ3n) is 5.66. The summed E-state index contributed by atoms with van der Waals surface area (Å²) in [6, 6.07) is 9.78. The highest BCUT2D eigenvalue weighted by Crippen LogP contribution is 2.37. The number of rotatable bonds is 8. The second-order valence-corrected chi connectivity index (χ2v) is 8.25. The maximum absolute atomic E-state index is 13.4. The Morgan fingerprint density at radius 2 is 1.79 bits per heavy atom. The van der Waals surface area contributed by atoms with Gasteiger partial charge in [-0.05, 0) is 50.5 Å². The van der Waals surface area contributed by atoms with Crippen LogP contribution in [0.15, 0.2) is 42.5 Å². The zero-order chi connectivity index (χ0) is 24.7. The number of halogens is 3. The van der Waals surface area contributed by atoms with Crippen LogP contribution in [0.2, 0.25) is 0 Å². The fourth-order valence-electron chi connectivity index (χ4n) is 4.15. The number of para-hydroxylation sites is 1. The number of alkyl halides is 3. The van der Waals surface area contributed by atoms with Gasteiger partial charge in [0.05, 0.1) is 36.0 Å². The van der Waals surface area contributed by atoms with Crippen molar-refractivity contribution < 1.29 is 27.5 Å². The lowest BCUT2D eigenvalue weighted by molar-refractivity contribution is -0.137. The Hall–Kier alpha value is -3.23. The van der Waals surface area contributed by atoms with Crippen molar-refractivity contribution in [2.45, 2.75) is 51.7 Å². The Bertz CT molecular complexity index is 1000. The fourth-order valence-corrected chi connectivity index (χ4v) is 4.15. The number of carbonyl (C=O) groups excluding carboxylic acids is 2. The number of hydrogen-bond donors (Lipinski definition) is 2. The van der Waals surface area contributed by atoms with Gasteiger partial charge in [-0.3, -0.25) is 9.59 Å². The Kier molecular flexibility index (Phi) is 8.41. The highest BCUT2D eigenvalue weighted by Gasteiger charge is 2.32. The van der Waals surface area contributed by atoms with Gasteiger partial charge in [0.15, 0.2) is 0 Å². The SMILES string of the molecule is CCOc1ccccc1C(CC(=O)Nc1cc(C(F)(F)F)ccc1N1CCCCC1)NC(C)=O. The second-order valence-electron chi connectivity index (χ2n) is 8.25. The molecule has 1 aliphatic heterocycles. The smallest absolute Gasteiger partial charge is 0.416 e. The molecule has 9 heteroatoms. The molecule has 1 aliphatic rings. The fraction of sp³-hybridized carbons (Fsp3) is 0.440. The van der Waals surface area contributed by atoms with Crippen molar-refractivity contribution in [2.75, 3.05) is 29.9 Å². The van der Waals surface area contributed by atoms with Gasteiger partial charge >= 0.3 is 6.18 Å². The summed E-state index contributed by atoms with van der Waals surface area (Å²) in [5.74, 6) is -0.315. The van der Waals surface area contributed by atoms with Gasteiger partial charge in [0.25, 0.3) is 0 Å². The topological polar surface area (TPSA) is 70.7 Å². The molecule has 6 nitrogen and oxygen atoms in total. The molecular formula is C25H30F3N3O3. The van der Waals surface area contributed by atoms with Crippen LogP contribution in [0.3, 0.4) is 0 Å². The normalized spacial score (nSPS) is 14.9. The van der Waals surface area contributed by atoms with Gasteiger partial charge in [0.1, 0.15) is 5.75 Å². The van der Waals surface area contributed by atoms with E-state index < -0.39 is 23.7 Å². The van der Waals surface area contributed by atoms with Crippen LogP contribution in [0.25, 0.3) is 0 Å². The zero-order valence-electron chi connectivity index (χ0n) is 19.4. The summed E-state index contributed by atoms with van der Waals surface area (Å²) >= 11 is 0. The molecule has 3 rings (SSSR count). The highest BCUT2D eigenvalue weighted by molar-refractivity contribution is 5.95. The first-order valence-corrected chi connectivity index (χ1v) is 11.4. The maximum Gasteiger partial charge on any atom is 0.416 e. The third kappa shape index (κ3) is 6.65. The molecule has 2 N–H and O–H groups in total. The number of benzene rings is 2. The average Bonchev–Trinajstić information content (AvgIpc) is 2.79. The first-order chi connectivity index (χ1) is 16.2. The molecule has 1 heterocycles. The molecule has 0 aliphatic carbocycles. The molecule has 34 heavy (non-hydrogen) atoms. The summed E-state index contributed by atoms with van der Waals surface area (Å²) in [5, 5.41) is 5.43. The van der Waals surface area contributed by atoms with Gasteiger partial charge in [-0.25, -0.2) is 0 Å². The van der Waals surface area contributed by atoms with E-state index in [0.717, 1.165) is 31.4 Å². The van der Waals surface area contributed by atoms with Gasteiger partial charge in [-0.15, -0.1) is 0 Å². The van der Waals surface area contributed by atoms with E-state index in [2.05, 4.69) is 10.6 Å². The molecule has 2 aromatic rings. The molecular weight excluding hydrogens is 447 g/mol. The molecule has 0 aromatic heterocycles. The van der Waals surface area contributed by atoms with E-state index in [0.29, 0.717) is 36.7 Å². The molecule has 0 saturated carbocycles. The minimum atomic E-state index is -4.53. The van der Waals surface area contributed by atoms with Crippen LogP contribution in [0.5, 0.6) is 5.75 Å². The number of amides is 2. The first-order valence-electron chi connectivity index (χ1n) is 11.4. The largest absolute Gasteiger partial charge is 0.494 e. The van der Waals surface area contributed by atoms with Gasteiger partial charge < -0.3 is 20.3 Å². The van der Waals surface area contributed by atoms with Crippen LogP contribution in [-0.4, -0.2) is 31.5 Å². The van der Waals surface area contributed by atoms with E-state index in [1.807, 2.05) is 11.8 Å². The molecule has 1 saturated heterocycles.